The number of para-hydroxylation sites is 3. The van der Waals surface area contributed by atoms with E-state index in [1.807, 2.05) is 39.0 Å². The minimum Gasteiger partial charge on any atom is -0.501 e. The van der Waals surface area contributed by atoms with E-state index in [1.54, 1.807) is 24.4 Å². The number of hydrogen-bond acceptors (Lipinski definition) is 3. The van der Waals surface area contributed by atoms with Gasteiger partial charge in [-0.1, -0.05) is 158 Å². The molecule has 0 atom stereocenters. The number of rotatable bonds is 9. The number of furan rings is 1. The van der Waals surface area contributed by atoms with E-state index in [1.165, 1.54) is 47.4 Å². The van der Waals surface area contributed by atoms with Crippen LogP contribution in [0.25, 0.3) is 72.4 Å². The zero-order valence-corrected chi connectivity index (χ0v) is 44.7. The molecule has 4 nitrogen and oxygen atoms in total. The van der Waals surface area contributed by atoms with Crippen LogP contribution in [0, 0.1) is 23.4 Å². The Hall–Kier alpha value is -5.68. The van der Waals surface area contributed by atoms with Gasteiger partial charge in [0.05, 0.1) is 22.4 Å². The van der Waals surface area contributed by atoms with E-state index in [-0.39, 0.29) is 37.8 Å². The Bertz CT molecular complexity index is 3410. The first-order valence-corrected chi connectivity index (χ1v) is 25.6. The second-order valence-corrected chi connectivity index (χ2v) is 21.1. The van der Waals surface area contributed by atoms with Crippen LogP contribution in [0.5, 0.6) is 0 Å². The van der Waals surface area contributed by atoms with Crippen molar-refractivity contribution in [3.8, 4) is 39.5 Å². The first kappa shape index (κ1) is 45.2. The van der Waals surface area contributed by atoms with Crippen molar-refractivity contribution in [1.82, 2.24) is 14.5 Å². The molecule has 71 heavy (non-hydrogen) atoms. The Balaban J connectivity index is 0.000000277. The number of pyridine rings is 1. The SMILES string of the molecule is [2H]C([2H])(c1ccnc(-c2[c-]cc(F)cc2)c1)C(C)(C)C.[2H]C1(c2cc(-c3cc(C(C)C)c(-n4c(-c5[c-]ccc6c5oc5ccccc56)nc5ccccc54)c(C(C)C)c3)cc(C3([2H])CCCCC3)c2)CCCCC1.[Ir]. The fraction of sp³-hybridized carbons (Fsp3) is 0.354. The van der Waals surface area contributed by atoms with Crippen molar-refractivity contribution in [1.29, 1.82) is 0 Å². The summed E-state index contributed by atoms with van der Waals surface area (Å²) in [6.45, 7) is 14.7. The maximum atomic E-state index is 12.9. The van der Waals surface area contributed by atoms with Crippen molar-refractivity contribution < 1.29 is 34.4 Å². The van der Waals surface area contributed by atoms with E-state index < -0.39 is 23.6 Å². The number of halogens is 1. The molecule has 11 rings (SSSR count). The molecule has 2 aliphatic carbocycles. The molecule has 0 spiro atoms. The summed E-state index contributed by atoms with van der Waals surface area (Å²) in [5.74, 6) is -0.314. The van der Waals surface area contributed by atoms with Crippen molar-refractivity contribution in [2.75, 3.05) is 0 Å². The Morgan fingerprint density at radius 2 is 1.37 bits per heavy atom. The van der Waals surface area contributed by atoms with Crippen LogP contribution < -0.4 is 0 Å². The molecular weight excluding hydrogens is 1050 g/mol. The molecule has 1 radical (unpaired) electrons. The van der Waals surface area contributed by atoms with Crippen LogP contribution in [-0.4, -0.2) is 14.5 Å². The standard InChI is InChI=1S/C49H51N2O.C16H17FN.Ir/c1-31(2)42-29-38(37-27-35(33-16-7-5-8-17-33)26-36(28-37)34-18-9-6-10-19-34)30-43(32(3)4)47(42)51-45-24-13-12-23-44(45)50-49(51)41-22-15-21-40-39-20-11-14-25-46(39)52-48(40)41;1-16(2,3)11-12-8-9-18-15(10-12)13-4-6-14(17)7-5-13;/h11-15,20-21,23-34H,5-10,16-19H2,1-4H3;4,6-10H,11H2,1-3H3;/q2*-1;/i33D,34D;11D2;. The molecule has 6 aromatic carbocycles. The molecule has 2 aliphatic rings. The minimum absolute atomic E-state index is 0. The Kier molecular flexibility index (Phi) is 13.7. The third kappa shape index (κ3) is 10.9. The molecule has 367 valence electrons. The first-order chi connectivity index (χ1) is 35.3. The fourth-order valence-corrected chi connectivity index (χ4v) is 10.7. The van der Waals surface area contributed by atoms with Crippen molar-refractivity contribution >= 4 is 33.0 Å². The van der Waals surface area contributed by atoms with Crippen molar-refractivity contribution in [2.45, 2.75) is 143 Å². The third-order valence-electron chi connectivity index (χ3n) is 14.1. The second-order valence-electron chi connectivity index (χ2n) is 21.1. The van der Waals surface area contributed by atoms with Crippen LogP contribution in [-0.2, 0) is 26.5 Å². The molecule has 0 aliphatic heterocycles. The first-order valence-electron chi connectivity index (χ1n) is 27.6. The summed E-state index contributed by atoms with van der Waals surface area (Å²) in [6.07, 6.45) is 10.5. The summed E-state index contributed by atoms with van der Waals surface area (Å²) in [7, 11) is 0. The summed E-state index contributed by atoms with van der Waals surface area (Å²) in [6, 6.07) is 46.4. The average Bonchev–Trinajstić information content (AvgIpc) is 3.98. The minimum atomic E-state index is -1.48. The van der Waals surface area contributed by atoms with E-state index in [4.69, 9.17) is 12.1 Å². The zero-order valence-electron chi connectivity index (χ0n) is 46.3. The number of fused-ring (bicyclic) bond motifs is 4. The Morgan fingerprint density at radius 3 is 2.00 bits per heavy atom. The van der Waals surface area contributed by atoms with Crippen LogP contribution in [0.4, 0.5) is 4.39 Å². The van der Waals surface area contributed by atoms with Crippen molar-refractivity contribution in [3.63, 3.8) is 0 Å². The predicted molar refractivity (Wildman–Crippen MR) is 290 cm³/mol. The molecular formula is C65H68FIrN3O-2. The third-order valence-corrected chi connectivity index (χ3v) is 14.1. The van der Waals surface area contributed by atoms with E-state index >= 15 is 0 Å². The van der Waals surface area contributed by atoms with E-state index in [0.29, 0.717) is 16.8 Å². The van der Waals surface area contributed by atoms with Gasteiger partial charge in [-0.2, -0.15) is 0 Å². The van der Waals surface area contributed by atoms with Crippen LogP contribution in [0.15, 0.2) is 132 Å². The van der Waals surface area contributed by atoms with Crippen LogP contribution >= 0.6 is 0 Å². The van der Waals surface area contributed by atoms with Crippen molar-refractivity contribution in [3.05, 3.63) is 173 Å². The normalized spacial score (nSPS) is 16.8. The number of benzene rings is 6. The Morgan fingerprint density at radius 1 is 0.732 bits per heavy atom. The molecule has 0 N–H and O–H groups in total. The molecule has 3 heterocycles. The molecule has 0 amide bonds. The molecule has 0 bridgehead atoms. The molecule has 2 fully saturated rings. The quantitative estimate of drug-likeness (QED) is 0.135. The van der Waals surface area contributed by atoms with Gasteiger partial charge in [-0.05, 0) is 137 Å². The largest absolute Gasteiger partial charge is 0.501 e. The van der Waals surface area contributed by atoms with Gasteiger partial charge in [0.25, 0.3) is 0 Å². The maximum Gasteiger partial charge on any atom is 0.120 e. The van der Waals surface area contributed by atoms with Crippen molar-refractivity contribution in [2.24, 2.45) is 5.41 Å². The summed E-state index contributed by atoms with van der Waals surface area (Å²) in [5.41, 5.74) is 14.0. The van der Waals surface area contributed by atoms with Gasteiger partial charge in [0.15, 0.2) is 0 Å². The summed E-state index contributed by atoms with van der Waals surface area (Å²) < 4.78 is 57.9. The molecule has 9 aromatic rings. The maximum absolute atomic E-state index is 12.9. The average molecular weight is 1120 g/mol. The zero-order chi connectivity index (χ0) is 52.2. The molecule has 6 heteroatoms. The summed E-state index contributed by atoms with van der Waals surface area (Å²) >= 11 is 0. The van der Waals surface area contributed by atoms with Gasteiger partial charge in [-0.25, -0.2) is 0 Å². The smallest absolute Gasteiger partial charge is 0.120 e. The molecule has 2 saturated carbocycles. The summed E-state index contributed by atoms with van der Waals surface area (Å²) in [4.78, 5) is 9.55. The van der Waals surface area contributed by atoms with Gasteiger partial charge >= 0.3 is 0 Å². The van der Waals surface area contributed by atoms with Gasteiger partial charge in [0.1, 0.15) is 5.58 Å². The van der Waals surface area contributed by atoms with Crippen LogP contribution in [0.3, 0.4) is 0 Å². The number of nitrogens with zero attached hydrogens (tertiary/aromatic N) is 3. The molecule has 0 saturated heterocycles. The molecule has 3 aromatic heterocycles. The summed E-state index contributed by atoms with van der Waals surface area (Å²) in [5, 5.41) is 2.15. The van der Waals surface area contributed by atoms with Crippen LogP contribution in [0.2, 0.25) is 0 Å². The van der Waals surface area contributed by atoms with E-state index in [0.717, 1.165) is 112 Å². The Labute approximate surface area is 440 Å². The van der Waals surface area contributed by atoms with Gasteiger partial charge in [0.2, 0.25) is 0 Å². The van der Waals surface area contributed by atoms with E-state index in [9.17, 15) is 7.13 Å². The van der Waals surface area contributed by atoms with Gasteiger partial charge in [0, 0.05) is 48.7 Å². The van der Waals surface area contributed by atoms with Gasteiger partial charge in [-0.15, -0.1) is 48.0 Å². The van der Waals surface area contributed by atoms with Gasteiger partial charge < -0.3 is 14.0 Å². The molecule has 0 unspecified atom stereocenters. The topological polar surface area (TPSA) is 43.9 Å². The number of aromatic nitrogens is 3. The number of imidazole rings is 1. The van der Waals surface area contributed by atoms with Gasteiger partial charge in [-0.3, -0.25) is 9.37 Å². The fourth-order valence-electron chi connectivity index (χ4n) is 10.7. The second kappa shape index (κ2) is 21.6. The van der Waals surface area contributed by atoms with E-state index in [2.05, 4.69) is 122 Å². The predicted octanol–water partition coefficient (Wildman–Crippen LogP) is 18.7. The number of hydrogen-bond donors (Lipinski definition) is 0. The van der Waals surface area contributed by atoms with Crippen LogP contribution in [0.1, 0.15) is 170 Å². The monoisotopic (exact) mass is 1120 g/mol.